The molecule has 0 radical (unpaired) electrons. The summed E-state index contributed by atoms with van der Waals surface area (Å²) in [4.78, 5) is 0. The van der Waals surface area contributed by atoms with Gasteiger partial charge >= 0.3 is 0 Å². The van der Waals surface area contributed by atoms with Gasteiger partial charge in [0.25, 0.3) is 0 Å². The molecule has 0 aliphatic rings. The highest BCUT2D eigenvalue weighted by atomic mass is 14.0. The van der Waals surface area contributed by atoms with Crippen LogP contribution in [0.2, 0.25) is 0 Å². The molecule has 0 saturated heterocycles. The molecule has 0 atom stereocenters. The first-order valence-corrected chi connectivity index (χ1v) is 7.53. The van der Waals surface area contributed by atoms with Gasteiger partial charge in [0.15, 0.2) is 0 Å². The van der Waals surface area contributed by atoms with Crippen LogP contribution in [0, 0.1) is 0 Å². The molecule has 104 valence electrons. The topological polar surface area (TPSA) is 0 Å². The molecule has 0 heterocycles. The van der Waals surface area contributed by atoms with E-state index >= 15 is 0 Å². The van der Waals surface area contributed by atoms with Gasteiger partial charge in [-0.3, -0.25) is 0 Å². The van der Waals surface area contributed by atoms with Crippen molar-refractivity contribution in [3.63, 3.8) is 0 Å². The van der Waals surface area contributed by atoms with Crippen LogP contribution in [-0.2, 0) is 0 Å². The van der Waals surface area contributed by atoms with E-state index in [0.717, 1.165) is 0 Å². The van der Waals surface area contributed by atoms with Crippen LogP contribution in [0.4, 0.5) is 0 Å². The maximum atomic E-state index is 2.42. The van der Waals surface area contributed by atoms with E-state index in [1.165, 1.54) is 50.5 Å². The minimum absolute atomic E-state index is 1.19. The molecule has 0 aliphatic heterocycles. The fourth-order valence-corrected chi connectivity index (χ4v) is 1.90. The number of hydrogen-bond donors (Lipinski definition) is 0. The fourth-order valence-electron chi connectivity index (χ4n) is 1.90. The highest BCUT2D eigenvalue weighted by Crippen LogP contribution is 2.13. The molecule has 0 aromatic heterocycles. The van der Waals surface area contributed by atoms with Crippen molar-refractivity contribution in [3.8, 4) is 0 Å². The number of hydrogen-bond acceptors (Lipinski definition) is 0. The molecule has 0 heteroatoms. The van der Waals surface area contributed by atoms with E-state index in [4.69, 9.17) is 0 Å². The number of unbranched alkanes of at least 4 members (excludes halogenated alkanes) is 1. The second kappa shape index (κ2) is 11.3. The maximum absolute atomic E-state index is 2.42. The lowest BCUT2D eigenvalue weighted by molar-refractivity contribution is 0.781. The molecule has 0 aromatic rings. The molecule has 0 aliphatic carbocycles. The van der Waals surface area contributed by atoms with Crippen LogP contribution in [0.15, 0.2) is 34.9 Å². The van der Waals surface area contributed by atoms with Gasteiger partial charge in [0, 0.05) is 0 Å². The lowest BCUT2D eigenvalue weighted by atomic mass is 10.0. The third-order valence-electron chi connectivity index (χ3n) is 3.48. The smallest absolute Gasteiger partial charge is 0.0288 e. The molecular formula is C18H32. The summed E-state index contributed by atoms with van der Waals surface area (Å²) in [6.45, 7) is 11.1. The van der Waals surface area contributed by atoms with Crippen molar-refractivity contribution in [3.05, 3.63) is 34.9 Å². The Hall–Kier alpha value is -0.780. The van der Waals surface area contributed by atoms with Crippen LogP contribution in [-0.4, -0.2) is 0 Å². The largest absolute Gasteiger partial charge is 0.0887 e. The fraction of sp³-hybridized carbons (Fsp3) is 0.667. The van der Waals surface area contributed by atoms with Gasteiger partial charge in [0.05, 0.1) is 0 Å². The summed E-state index contributed by atoms with van der Waals surface area (Å²) >= 11 is 0. The molecule has 18 heavy (non-hydrogen) atoms. The summed E-state index contributed by atoms with van der Waals surface area (Å²) in [5.74, 6) is 0. The first-order chi connectivity index (χ1) is 8.60. The Balaban J connectivity index is 3.81. The van der Waals surface area contributed by atoms with E-state index in [2.05, 4.69) is 52.8 Å². The number of rotatable bonds is 9. The molecule has 0 amide bonds. The molecule has 0 aromatic carbocycles. The first-order valence-electron chi connectivity index (χ1n) is 7.53. The van der Waals surface area contributed by atoms with E-state index in [1.807, 2.05) is 0 Å². The van der Waals surface area contributed by atoms with Gasteiger partial charge in [-0.2, -0.15) is 0 Å². The zero-order chi connectivity index (χ0) is 13.8. The summed E-state index contributed by atoms with van der Waals surface area (Å²) in [6, 6.07) is 0. The molecule has 0 N–H and O–H groups in total. The van der Waals surface area contributed by atoms with Gasteiger partial charge in [-0.15, -0.1) is 0 Å². The highest BCUT2D eigenvalue weighted by Gasteiger charge is 1.92. The van der Waals surface area contributed by atoms with Crippen molar-refractivity contribution in [1.29, 1.82) is 0 Å². The Labute approximate surface area is 115 Å². The zero-order valence-electron chi connectivity index (χ0n) is 13.2. The van der Waals surface area contributed by atoms with Crippen LogP contribution in [0.3, 0.4) is 0 Å². The van der Waals surface area contributed by atoms with Crippen molar-refractivity contribution in [2.24, 2.45) is 0 Å². The third-order valence-corrected chi connectivity index (χ3v) is 3.48. The van der Waals surface area contributed by atoms with Gasteiger partial charge < -0.3 is 0 Å². The highest BCUT2D eigenvalue weighted by molar-refractivity contribution is 5.05. The summed E-state index contributed by atoms with van der Waals surface area (Å²) < 4.78 is 0. The standard InChI is InChI=1S/C18H32/c1-6-8-11-17(4)14-10-15-18(5)13-9-12-16(3)7-2/h7,13-14H,6,8-12,15H2,1-5H3. The quantitative estimate of drug-likeness (QED) is 0.403. The Bertz CT molecular complexity index is 289. The molecule has 0 saturated carbocycles. The maximum Gasteiger partial charge on any atom is -0.0288 e. The molecular weight excluding hydrogens is 216 g/mol. The summed E-state index contributed by atoms with van der Waals surface area (Å²) in [5, 5.41) is 0. The number of allylic oxidation sites excluding steroid dienone is 6. The van der Waals surface area contributed by atoms with Gasteiger partial charge in [0.1, 0.15) is 0 Å². The molecule has 0 spiro atoms. The molecule has 0 bridgehead atoms. The van der Waals surface area contributed by atoms with Crippen LogP contribution < -0.4 is 0 Å². The van der Waals surface area contributed by atoms with Crippen molar-refractivity contribution >= 4 is 0 Å². The second-order valence-corrected chi connectivity index (χ2v) is 5.42. The second-order valence-electron chi connectivity index (χ2n) is 5.42. The summed E-state index contributed by atoms with van der Waals surface area (Å²) in [6.07, 6.45) is 15.8. The zero-order valence-corrected chi connectivity index (χ0v) is 13.2. The minimum Gasteiger partial charge on any atom is -0.0887 e. The lowest BCUT2D eigenvalue weighted by Crippen LogP contribution is -1.82. The summed E-state index contributed by atoms with van der Waals surface area (Å²) in [5.41, 5.74) is 4.60. The van der Waals surface area contributed by atoms with Gasteiger partial charge in [-0.1, -0.05) is 48.3 Å². The molecule has 0 rings (SSSR count). The SMILES string of the molecule is CC=C(C)CCC=C(C)CCC=C(C)CCCC. The Kier molecular flexibility index (Phi) is 10.8. The van der Waals surface area contributed by atoms with Crippen molar-refractivity contribution in [1.82, 2.24) is 0 Å². The normalized spacial score (nSPS) is 14.2. The first kappa shape index (κ1) is 17.2. The Morgan fingerprint density at radius 1 is 0.778 bits per heavy atom. The van der Waals surface area contributed by atoms with E-state index in [0.29, 0.717) is 0 Å². The van der Waals surface area contributed by atoms with Gasteiger partial charge in [0.2, 0.25) is 0 Å². The van der Waals surface area contributed by atoms with Crippen molar-refractivity contribution in [2.75, 3.05) is 0 Å². The van der Waals surface area contributed by atoms with Crippen LogP contribution >= 0.6 is 0 Å². The average Bonchev–Trinajstić information content (AvgIpc) is 2.36. The van der Waals surface area contributed by atoms with Crippen LogP contribution in [0.5, 0.6) is 0 Å². The van der Waals surface area contributed by atoms with Gasteiger partial charge in [-0.05, 0) is 66.2 Å². The molecule has 0 nitrogen and oxygen atoms in total. The lowest BCUT2D eigenvalue weighted by Gasteiger charge is -2.02. The van der Waals surface area contributed by atoms with E-state index < -0.39 is 0 Å². The molecule has 0 unspecified atom stereocenters. The average molecular weight is 248 g/mol. The Morgan fingerprint density at radius 2 is 1.28 bits per heavy atom. The van der Waals surface area contributed by atoms with Gasteiger partial charge in [-0.25, -0.2) is 0 Å². The predicted molar refractivity (Wildman–Crippen MR) is 84.9 cm³/mol. The van der Waals surface area contributed by atoms with Crippen molar-refractivity contribution in [2.45, 2.75) is 79.6 Å². The summed E-state index contributed by atoms with van der Waals surface area (Å²) in [7, 11) is 0. The third kappa shape index (κ3) is 10.4. The van der Waals surface area contributed by atoms with E-state index in [1.54, 1.807) is 11.1 Å². The van der Waals surface area contributed by atoms with Crippen molar-refractivity contribution < 1.29 is 0 Å². The van der Waals surface area contributed by atoms with E-state index in [9.17, 15) is 0 Å². The van der Waals surface area contributed by atoms with Crippen LogP contribution in [0.25, 0.3) is 0 Å². The van der Waals surface area contributed by atoms with E-state index in [-0.39, 0.29) is 0 Å². The minimum atomic E-state index is 1.19. The Morgan fingerprint density at radius 3 is 1.78 bits per heavy atom. The molecule has 0 fully saturated rings. The van der Waals surface area contributed by atoms with Crippen LogP contribution in [0.1, 0.15) is 79.6 Å². The predicted octanol–water partition coefficient (Wildman–Crippen LogP) is 6.60. The monoisotopic (exact) mass is 248 g/mol.